The summed E-state index contributed by atoms with van der Waals surface area (Å²) in [6.07, 6.45) is -2.66. The average Bonchev–Trinajstić information content (AvgIpc) is 2.89. The zero-order valence-corrected chi connectivity index (χ0v) is 15.4. The van der Waals surface area contributed by atoms with E-state index in [-0.39, 0.29) is 17.3 Å². The Bertz CT molecular complexity index is 823. The minimum absolute atomic E-state index is 0.157. The summed E-state index contributed by atoms with van der Waals surface area (Å²) in [7, 11) is 1.77. The van der Waals surface area contributed by atoms with E-state index in [1.807, 2.05) is 0 Å². The number of thiocarbonyl (C=S) groups is 1. The van der Waals surface area contributed by atoms with Gasteiger partial charge in [0.25, 0.3) is 5.91 Å². The molecule has 0 atom stereocenters. The zero-order chi connectivity index (χ0) is 20.0. The van der Waals surface area contributed by atoms with Crippen LogP contribution in [0.15, 0.2) is 30.5 Å². The van der Waals surface area contributed by atoms with Crippen molar-refractivity contribution in [3.05, 3.63) is 47.3 Å². The van der Waals surface area contributed by atoms with E-state index in [0.717, 1.165) is 5.69 Å². The van der Waals surface area contributed by atoms with E-state index in [1.54, 1.807) is 37.0 Å². The molecule has 0 aliphatic heterocycles. The Labute approximate surface area is 158 Å². The van der Waals surface area contributed by atoms with Gasteiger partial charge >= 0.3 is 6.18 Å². The van der Waals surface area contributed by atoms with Crippen molar-refractivity contribution in [3.8, 4) is 0 Å². The van der Waals surface area contributed by atoms with E-state index in [4.69, 9.17) is 12.2 Å². The SMILES string of the molecule is Cc1nn(C)cc1NC(=S)NNC(=O)c1cccc(COCC(F)(F)F)c1. The molecule has 1 heterocycles. The van der Waals surface area contributed by atoms with Crippen LogP contribution in [0, 0.1) is 6.92 Å². The standard InChI is InChI=1S/C16H18F3N5O2S/c1-10-13(7-24(2)23-10)20-15(27)22-21-14(25)12-5-3-4-11(6-12)8-26-9-16(17,18)19/h3-7H,8-9H2,1-2H3,(H,21,25)(H2,20,22,27). The molecule has 27 heavy (non-hydrogen) atoms. The highest BCUT2D eigenvalue weighted by atomic mass is 32.1. The van der Waals surface area contributed by atoms with E-state index in [1.165, 1.54) is 12.1 Å². The number of alkyl halides is 3. The summed E-state index contributed by atoms with van der Waals surface area (Å²) in [6.45, 7) is 0.197. The van der Waals surface area contributed by atoms with Gasteiger partial charge in [-0.25, -0.2) is 0 Å². The van der Waals surface area contributed by atoms with Crippen molar-refractivity contribution >= 4 is 28.9 Å². The number of benzene rings is 1. The molecule has 0 unspecified atom stereocenters. The van der Waals surface area contributed by atoms with Crippen molar-refractivity contribution in [1.29, 1.82) is 0 Å². The molecule has 7 nitrogen and oxygen atoms in total. The van der Waals surface area contributed by atoms with Crippen LogP contribution in [-0.4, -0.2) is 33.6 Å². The van der Waals surface area contributed by atoms with Crippen LogP contribution in [0.25, 0.3) is 0 Å². The molecule has 0 spiro atoms. The molecule has 0 saturated heterocycles. The van der Waals surface area contributed by atoms with Crippen LogP contribution >= 0.6 is 12.2 Å². The number of aromatic nitrogens is 2. The predicted molar refractivity (Wildman–Crippen MR) is 96.9 cm³/mol. The Morgan fingerprint density at radius 2 is 2.07 bits per heavy atom. The van der Waals surface area contributed by atoms with Gasteiger partial charge in [-0.15, -0.1) is 0 Å². The second-order valence-electron chi connectivity index (χ2n) is 5.64. The predicted octanol–water partition coefficient (Wildman–Crippen LogP) is 2.44. The number of aryl methyl sites for hydroxylation is 2. The molecule has 1 aromatic heterocycles. The molecule has 0 aliphatic carbocycles. The summed E-state index contributed by atoms with van der Waals surface area (Å²) >= 11 is 5.09. The van der Waals surface area contributed by atoms with E-state index in [9.17, 15) is 18.0 Å². The Kier molecular flexibility index (Phi) is 6.75. The number of hydrogen-bond donors (Lipinski definition) is 3. The molecule has 2 aromatic rings. The first kappa shape index (κ1) is 20.6. The normalized spacial score (nSPS) is 11.1. The minimum Gasteiger partial charge on any atom is -0.367 e. The van der Waals surface area contributed by atoms with Gasteiger partial charge in [-0.05, 0) is 36.8 Å². The number of nitrogens with zero attached hydrogens (tertiary/aromatic N) is 2. The molecule has 1 amide bonds. The topological polar surface area (TPSA) is 80.2 Å². The van der Waals surface area contributed by atoms with Crippen LogP contribution in [-0.2, 0) is 18.4 Å². The molecule has 0 bridgehead atoms. The maximum atomic E-state index is 12.2. The summed E-state index contributed by atoms with van der Waals surface area (Å²) in [5.41, 5.74) is 7.08. The average molecular weight is 401 g/mol. The van der Waals surface area contributed by atoms with Gasteiger partial charge in [0.05, 0.1) is 18.0 Å². The summed E-state index contributed by atoms with van der Waals surface area (Å²) in [5, 5.41) is 7.20. The van der Waals surface area contributed by atoms with Crippen LogP contribution in [0.1, 0.15) is 21.6 Å². The van der Waals surface area contributed by atoms with Crippen molar-refractivity contribution in [2.75, 3.05) is 11.9 Å². The largest absolute Gasteiger partial charge is 0.411 e. The van der Waals surface area contributed by atoms with Gasteiger partial charge in [-0.1, -0.05) is 12.1 Å². The zero-order valence-electron chi connectivity index (χ0n) is 14.6. The van der Waals surface area contributed by atoms with Crippen molar-refractivity contribution in [3.63, 3.8) is 0 Å². The monoisotopic (exact) mass is 401 g/mol. The maximum Gasteiger partial charge on any atom is 0.411 e. The number of carbonyl (C=O) groups excluding carboxylic acids is 1. The molecule has 3 N–H and O–H groups in total. The molecule has 0 saturated carbocycles. The van der Waals surface area contributed by atoms with Gasteiger partial charge in [0, 0.05) is 18.8 Å². The molecule has 0 radical (unpaired) electrons. The van der Waals surface area contributed by atoms with Crippen LogP contribution in [0.5, 0.6) is 0 Å². The molecule has 0 fully saturated rings. The van der Waals surface area contributed by atoms with Crippen molar-refractivity contribution in [1.82, 2.24) is 20.6 Å². The number of hydrazine groups is 1. The third-order valence-corrected chi connectivity index (χ3v) is 3.48. The Morgan fingerprint density at radius 1 is 1.33 bits per heavy atom. The van der Waals surface area contributed by atoms with Gasteiger partial charge in [-0.3, -0.25) is 20.3 Å². The first-order valence-electron chi connectivity index (χ1n) is 7.75. The lowest BCUT2D eigenvalue weighted by molar-refractivity contribution is -0.176. The number of nitrogens with one attached hydrogen (secondary N) is 3. The number of ether oxygens (including phenoxy) is 1. The minimum atomic E-state index is -4.39. The number of carbonyl (C=O) groups is 1. The second-order valence-corrected chi connectivity index (χ2v) is 6.05. The lowest BCUT2D eigenvalue weighted by Crippen LogP contribution is -2.43. The van der Waals surface area contributed by atoms with Gasteiger partial charge in [0.15, 0.2) is 5.11 Å². The van der Waals surface area contributed by atoms with E-state index in [0.29, 0.717) is 11.3 Å². The van der Waals surface area contributed by atoms with Crippen LogP contribution in [0.3, 0.4) is 0 Å². The Balaban J connectivity index is 1.85. The number of hydrogen-bond acceptors (Lipinski definition) is 4. The van der Waals surface area contributed by atoms with E-state index < -0.39 is 18.7 Å². The number of amides is 1. The van der Waals surface area contributed by atoms with Crippen LogP contribution < -0.4 is 16.2 Å². The van der Waals surface area contributed by atoms with Gasteiger partial charge in [0.1, 0.15) is 6.61 Å². The molecule has 2 rings (SSSR count). The molecule has 146 valence electrons. The first-order chi connectivity index (χ1) is 12.6. The lowest BCUT2D eigenvalue weighted by Gasteiger charge is -2.12. The van der Waals surface area contributed by atoms with Gasteiger partial charge in [-0.2, -0.15) is 18.3 Å². The summed E-state index contributed by atoms with van der Waals surface area (Å²) in [4.78, 5) is 12.2. The number of anilines is 1. The fourth-order valence-corrected chi connectivity index (χ4v) is 2.31. The summed E-state index contributed by atoms with van der Waals surface area (Å²) in [6, 6.07) is 6.08. The molecular formula is C16H18F3N5O2S. The van der Waals surface area contributed by atoms with Crippen molar-refractivity contribution in [2.24, 2.45) is 7.05 Å². The third kappa shape index (κ3) is 6.87. The Morgan fingerprint density at radius 3 is 2.70 bits per heavy atom. The first-order valence-corrected chi connectivity index (χ1v) is 8.16. The second kappa shape index (κ2) is 8.82. The van der Waals surface area contributed by atoms with Crippen molar-refractivity contribution < 1.29 is 22.7 Å². The Hall–Kier alpha value is -2.66. The quantitative estimate of drug-likeness (QED) is 0.528. The summed E-state index contributed by atoms with van der Waals surface area (Å²) < 4.78 is 42.5. The molecule has 0 aliphatic rings. The maximum absolute atomic E-state index is 12.2. The van der Waals surface area contributed by atoms with Gasteiger partial charge < -0.3 is 10.1 Å². The highest BCUT2D eigenvalue weighted by Crippen LogP contribution is 2.16. The highest BCUT2D eigenvalue weighted by molar-refractivity contribution is 7.80. The van der Waals surface area contributed by atoms with Crippen LogP contribution in [0.2, 0.25) is 0 Å². The molecular weight excluding hydrogens is 383 g/mol. The van der Waals surface area contributed by atoms with Gasteiger partial charge in [0.2, 0.25) is 0 Å². The summed E-state index contributed by atoms with van der Waals surface area (Å²) in [5.74, 6) is -0.500. The van der Waals surface area contributed by atoms with E-state index in [2.05, 4.69) is 26.0 Å². The highest BCUT2D eigenvalue weighted by Gasteiger charge is 2.27. The molecule has 11 heteroatoms. The lowest BCUT2D eigenvalue weighted by atomic mass is 10.1. The number of halogens is 3. The smallest absolute Gasteiger partial charge is 0.367 e. The fraction of sp³-hybridized carbons (Fsp3) is 0.312. The number of rotatable bonds is 5. The van der Waals surface area contributed by atoms with Crippen molar-refractivity contribution in [2.45, 2.75) is 19.7 Å². The third-order valence-electron chi connectivity index (χ3n) is 3.27. The van der Waals surface area contributed by atoms with Crippen LogP contribution in [0.4, 0.5) is 18.9 Å². The molecule has 1 aromatic carbocycles. The van der Waals surface area contributed by atoms with E-state index >= 15 is 0 Å². The fourth-order valence-electron chi connectivity index (χ4n) is 2.15.